The first-order valence-corrected chi connectivity index (χ1v) is 7.78. The van der Waals surface area contributed by atoms with Gasteiger partial charge in [-0.2, -0.15) is 0 Å². The van der Waals surface area contributed by atoms with E-state index in [0.717, 1.165) is 30.6 Å². The zero-order chi connectivity index (χ0) is 15.2. The molecule has 1 aromatic rings. The Hall–Kier alpha value is -1.55. The average Bonchev–Trinajstić information content (AvgIpc) is 2.94. The lowest BCUT2D eigenvalue weighted by molar-refractivity contribution is -0.122. The standard InChI is InChI=1S/C17H26N2O2/c1-12(14-7-3-4-9-16(14)21-2)10-17(20)19-15-8-5-6-13(15)11-18/h3-4,7,9,12-13,15H,5-6,8,10-11,18H2,1-2H3,(H,19,20). The molecule has 0 aliphatic heterocycles. The Kier molecular flexibility index (Phi) is 5.62. The molecule has 1 fully saturated rings. The number of benzene rings is 1. The molecule has 1 aliphatic rings. The fourth-order valence-electron chi connectivity index (χ4n) is 3.24. The largest absolute Gasteiger partial charge is 0.496 e. The normalized spacial score (nSPS) is 22.8. The molecule has 3 atom stereocenters. The summed E-state index contributed by atoms with van der Waals surface area (Å²) in [6, 6.07) is 8.14. The van der Waals surface area contributed by atoms with E-state index in [0.29, 0.717) is 18.9 Å². The molecule has 1 saturated carbocycles. The Balaban J connectivity index is 1.93. The first-order valence-electron chi connectivity index (χ1n) is 7.78. The molecule has 116 valence electrons. The van der Waals surface area contributed by atoms with Gasteiger partial charge in [-0.15, -0.1) is 0 Å². The highest BCUT2D eigenvalue weighted by atomic mass is 16.5. The minimum atomic E-state index is 0.110. The first-order chi connectivity index (χ1) is 10.2. The van der Waals surface area contributed by atoms with Crippen molar-refractivity contribution in [1.29, 1.82) is 0 Å². The van der Waals surface area contributed by atoms with E-state index in [1.165, 1.54) is 0 Å². The number of rotatable bonds is 6. The van der Waals surface area contributed by atoms with E-state index in [1.807, 2.05) is 24.3 Å². The fourth-order valence-corrected chi connectivity index (χ4v) is 3.24. The lowest BCUT2D eigenvalue weighted by Gasteiger charge is -2.21. The van der Waals surface area contributed by atoms with E-state index in [9.17, 15) is 4.79 Å². The quantitative estimate of drug-likeness (QED) is 0.845. The van der Waals surface area contributed by atoms with Crippen LogP contribution in [0.2, 0.25) is 0 Å². The third-order valence-corrected chi connectivity index (χ3v) is 4.47. The molecule has 0 aromatic heterocycles. The van der Waals surface area contributed by atoms with Gasteiger partial charge in [0.05, 0.1) is 7.11 Å². The number of nitrogens with two attached hydrogens (primary N) is 1. The van der Waals surface area contributed by atoms with E-state index < -0.39 is 0 Å². The van der Waals surface area contributed by atoms with Crippen molar-refractivity contribution in [3.8, 4) is 5.75 Å². The molecular weight excluding hydrogens is 264 g/mol. The molecule has 0 bridgehead atoms. The second-order valence-electron chi connectivity index (χ2n) is 5.95. The summed E-state index contributed by atoms with van der Waals surface area (Å²) in [5.41, 5.74) is 6.84. The molecule has 0 radical (unpaired) electrons. The average molecular weight is 290 g/mol. The Bertz CT molecular complexity index is 476. The van der Waals surface area contributed by atoms with Gasteiger partial charge in [-0.05, 0) is 42.9 Å². The molecule has 0 saturated heterocycles. The Morgan fingerprint density at radius 1 is 1.43 bits per heavy atom. The van der Waals surface area contributed by atoms with Crippen LogP contribution in [0.3, 0.4) is 0 Å². The van der Waals surface area contributed by atoms with Crippen molar-refractivity contribution in [2.45, 2.75) is 44.6 Å². The number of hydrogen-bond donors (Lipinski definition) is 2. The van der Waals surface area contributed by atoms with Gasteiger partial charge >= 0.3 is 0 Å². The maximum atomic E-state index is 12.3. The number of methoxy groups -OCH3 is 1. The molecule has 2 rings (SSSR count). The molecule has 4 nitrogen and oxygen atoms in total. The smallest absolute Gasteiger partial charge is 0.220 e. The lowest BCUT2D eigenvalue weighted by Crippen LogP contribution is -2.40. The molecule has 1 amide bonds. The highest BCUT2D eigenvalue weighted by Gasteiger charge is 2.27. The molecule has 4 heteroatoms. The summed E-state index contributed by atoms with van der Waals surface area (Å²) in [6.07, 6.45) is 3.82. The second kappa shape index (κ2) is 7.46. The topological polar surface area (TPSA) is 64.3 Å². The third kappa shape index (κ3) is 3.97. The number of para-hydroxylation sites is 1. The molecule has 1 aromatic carbocycles. The number of carbonyl (C=O) groups is 1. The van der Waals surface area contributed by atoms with Gasteiger partial charge in [0, 0.05) is 12.5 Å². The number of hydrogen-bond acceptors (Lipinski definition) is 3. The maximum Gasteiger partial charge on any atom is 0.220 e. The van der Waals surface area contributed by atoms with Crippen LogP contribution in [-0.4, -0.2) is 25.6 Å². The van der Waals surface area contributed by atoms with Gasteiger partial charge in [0.2, 0.25) is 5.91 Å². The molecule has 0 heterocycles. The van der Waals surface area contributed by atoms with Crippen LogP contribution in [0, 0.1) is 5.92 Å². The van der Waals surface area contributed by atoms with E-state index >= 15 is 0 Å². The highest BCUT2D eigenvalue weighted by Crippen LogP contribution is 2.29. The van der Waals surface area contributed by atoms with Crippen molar-refractivity contribution in [2.24, 2.45) is 11.7 Å². The monoisotopic (exact) mass is 290 g/mol. The van der Waals surface area contributed by atoms with E-state index in [2.05, 4.69) is 12.2 Å². The molecule has 0 spiro atoms. The summed E-state index contributed by atoms with van der Waals surface area (Å²) in [7, 11) is 1.66. The minimum Gasteiger partial charge on any atom is -0.496 e. The van der Waals surface area contributed by atoms with Crippen LogP contribution in [0.25, 0.3) is 0 Å². The first kappa shape index (κ1) is 15.8. The maximum absolute atomic E-state index is 12.3. The zero-order valence-corrected chi connectivity index (χ0v) is 13.0. The van der Waals surface area contributed by atoms with Crippen molar-refractivity contribution in [2.75, 3.05) is 13.7 Å². The van der Waals surface area contributed by atoms with Crippen LogP contribution in [0.4, 0.5) is 0 Å². The number of nitrogens with one attached hydrogen (secondary N) is 1. The SMILES string of the molecule is COc1ccccc1C(C)CC(=O)NC1CCCC1CN. The van der Waals surface area contributed by atoms with Gasteiger partial charge in [-0.3, -0.25) is 4.79 Å². The number of amides is 1. The van der Waals surface area contributed by atoms with Gasteiger partial charge in [0.1, 0.15) is 5.75 Å². The van der Waals surface area contributed by atoms with Crippen LogP contribution in [-0.2, 0) is 4.79 Å². The summed E-state index contributed by atoms with van der Waals surface area (Å²) < 4.78 is 5.37. The van der Waals surface area contributed by atoms with E-state index in [-0.39, 0.29) is 17.9 Å². The van der Waals surface area contributed by atoms with Gasteiger partial charge in [0.25, 0.3) is 0 Å². The molecular formula is C17H26N2O2. The number of carbonyl (C=O) groups excluding carboxylic acids is 1. The Labute approximate surface area is 127 Å². The zero-order valence-electron chi connectivity index (χ0n) is 13.0. The van der Waals surface area contributed by atoms with Crippen molar-refractivity contribution in [1.82, 2.24) is 5.32 Å². The summed E-state index contributed by atoms with van der Waals surface area (Å²) >= 11 is 0. The van der Waals surface area contributed by atoms with Crippen LogP contribution < -0.4 is 15.8 Å². The molecule has 3 unspecified atom stereocenters. The van der Waals surface area contributed by atoms with Gasteiger partial charge in [-0.25, -0.2) is 0 Å². The van der Waals surface area contributed by atoms with Crippen molar-refractivity contribution in [3.63, 3.8) is 0 Å². The van der Waals surface area contributed by atoms with E-state index in [1.54, 1.807) is 7.11 Å². The lowest BCUT2D eigenvalue weighted by atomic mass is 9.96. The summed E-state index contributed by atoms with van der Waals surface area (Å²) in [6.45, 7) is 2.72. The van der Waals surface area contributed by atoms with Gasteiger partial charge in [0.15, 0.2) is 0 Å². The predicted molar refractivity (Wildman–Crippen MR) is 84.4 cm³/mol. The van der Waals surface area contributed by atoms with Crippen molar-refractivity contribution in [3.05, 3.63) is 29.8 Å². The van der Waals surface area contributed by atoms with Crippen molar-refractivity contribution < 1.29 is 9.53 Å². The third-order valence-electron chi connectivity index (χ3n) is 4.47. The van der Waals surface area contributed by atoms with Crippen LogP contribution in [0.5, 0.6) is 5.75 Å². The minimum absolute atomic E-state index is 0.110. The van der Waals surface area contributed by atoms with Crippen molar-refractivity contribution >= 4 is 5.91 Å². The number of ether oxygens (including phenoxy) is 1. The molecule has 21 heavy (non-hydrogen) atoms. The summed E-state index contributed by atoms with van der Waals surface area (Å²) in [5.74, 6) is 1.53. The van der Waals surface area contributed by atoms with E-state index in [4.69, 9.17) is 10.5 Å². The second-order valence-corrected chi connectivity index (χ2v) is 5.95. The Morgan fingerprint density at radius 2 is 2.19 bits per heavy atom. The van der Waals surface area contributed by atoms with Crippen LogP contribution in [0.15, 0.2) is 24.3 Å². The van der Waals surface area contributed by atoms with Crippen LogP contribution in [0.1, 0.15) is 44.1 Å². The summed E-state index contributed by atoms with van der Waals surface area (Å²) in [5, 5.41) is 3.16. The molecule has 3 N–H and O–H groups in total. The van der Waals surface area contributed by atoms with Crippen LogP contribution >= 0.6 is 0 Å². The fraction of sp³-hybridized carbons (Fsp3) is 0.588. The summed E-state index contributed by atoms with van der Waals surface area (Å²) in [4.78, 5) is 12.3. The Morgan fingerprint density at radius 3 is 2.90 bits per heavy atom. The molecule has 1 aliphatic carbocycles. The van der Waals surface area contributed by atoms with Gasteiger partial charge in [-0.1, -0.05) is 31.5 Å². The highest BCUT2D eigenvalue weighted by molar-refractivity contribution is 5.77. The van der Waals surface area contributed by atoms with Gasteiger partial charge < -0.3 is 15.8 Å². The predicted octanol–water partition coefficient (Wildman–Crippen LogP) is 2.43.